The lowest BCUT2D eigenvalue weighted by molar-refractivity contribution is 0.415. The fourth-order valence-electron chi connectivity index (χ4n) is 2.26. The number of rotatable bonds is 5. The van der Waals surface area contributed by atoms with Gasteiger partial charge in [-0.15, -0.1) is 5.10 Å². The van der Waals surface area contributed by atoms with Crippen LogP contribution < -0.4 is 15.4 Å². The van der Waals surface area contributed by atoms with E-state index in [1.165, 1.54) is 11.1 Å². The van der Waals surface area contributed by atoms with Crippen molar-refractivity contribution >= 4 is 34.7 Å². The number of ether oxygens (including phenoxy) is 1. The van der Waals surface area contributed by atoms with Gasteiger partial charge in [0.05, 0.1) is 18.3 Å². The summed E-state index contributed by atoms with van der Waals surface area (Å²) in [4.78, 5) is 4.42. The smallest absolute Gasteiger partial charge is 0.249 e. The van der Waals surface area contributed by atoms with E-state index in [4.69, 9.17) is 16.3 Å². The molecule has 6 nitrogen and oxygen atoms in total. The Morgan fingerprint density at radius 2 is 1.72 bits per heavy atom. The lowest BCUT2D eigenvalue weighted by atomic mass is 10.1. The van der Waals surface area contributed by atoms with Crippen molar-refractivity contribution in [2.24, 2.45) is 0 Å². The summed E-state index contributed by atoms with van der Waals surface area (Å²) in [7, 11) is 1.58. The first-order chi connectivity index (χ1) is 12.0. The Balaban J connectivity index is 1.77. The van der Waals surface area contributed by atoms with Crippen LogP contribution in [-0.4, -0.2) is 22.3 Å². The van der Waals surface area contributed by atoms with Crippen LogP contribution in [-0.2, 0) is 0 Å². The van der Waals surface area contributed by atoms with E-state index >= 15 is 0 Å². The highest BCUT2D eigenvalue weighted by Gasteiger charge is 2.05. The van der Waals surface area contributed by atoms with Gasteiger partial charge in [0.15, 0.2) is 5.82 Å². The molecule has 0 saturated heterocycles. The number of methoxy groups -OCH3 is 1. The molecule has 2 N–H and O–H groups in total. The summed E-state index contributed by atoms with van der Waals surface area (Å²) < 4.78 is 5.15. The van der Waals surface area contributed by atoms with Crippen LogP contribution in [0.3, 0.4) is 0 Å². The molecule has 0 amide bonds. The highest BCUT2D eigenvalue weighted by atomic mass is 35.5. The van der Waals surface area contributed by atoms with Crippen molar-refractivity contribution in [2.45, 2.75) is 13.8 Å². The number of aryl methyl sites for hydroxylation is 2. The molecule has 3 rings (SSSR count). The normalized spacial score (nSPS) is 10.4. The third-order valence-corrected chi connectivity index (χ3v) is 4.04. The van der Waals surface area contributed by atoms with E-state index in [9.17, 15) is 0 Å². The van der Waals surface area contributed by atoms with Crippen molar-refractivity contribution in [3.8, 4) is 5.75 Å². The van der Waals surface area contributed by atoms with Crippen LogP contribution in [0.1, 0.15) is 11.1 Å². The molecule has 0 aliphatic carbocycles. The molecule has 2 aromatic carbocycles. The van der Waals surface area contributed by atoms with Crippen molar-refractivity contribution in [3.63, 3.8) is 0 Å². The fraction of sp³-hybridized carbons (Fsp3) is 0.167. The summed E-state index contributed by atoms with van der Waals surface area (Å²) in [6.07, 6.45) is 1.55. The van der Waals surface area contributed by atoms with E-state index in [0.29, 0.717) is 22.5 Å². The summed E-state index contributed by atoms with van der Waals surface area (Å²) in [5.74, 6) is 1.58. The standard InChI is InChI=1S/C18H18ClN5O/c1-11-4-5-13(8-12(11)2)22-18-23-17(10-20-24-18)21-14-6-7-16(25-3)15(19)9-14/h4-10H,1-3H3,(H2,21,22,23,24). The maximum atomic E-state index is 6.14. The SMILES string of the molecule is COc1ccc(Nc2cnnc(Nc3ccc(C)c(C)c3)n2)cc1Cl. The molecule has 0 bridgehead atoms. The molecule has 7 heteroatoms. The molecule has 1 aromatic heterocycles. The van der Waals surface area contributed by atoms with Gasteiger partial charge in [-0.3, -0.25) is 0 Å². The van der Waals surface area contributed by atoms with Crippen LogP contribution in [0.25, 0.3) is 0 Å². The molecule has 0 saturated carbocycles. The zero-order chi connectivity index (χ0) is 17.8. The molecule has 128 valence electrons. The third kappa shape index (κ3) is 4.16. The van der Waals surface area contributed by atoms with Crippen molar-refractivity contribution in [1.29, 1.82) is 0 Å². The van der Waals surface area contributed by atoms with Gasteiger partial charge in [0.25, 0.3) is 0 Å². The first-order valence-electron chi connectivity index (χ1n) is 7.70. The number of anilines is 4. The maximum Gasteiger partial charge on any atom is 0.249 e. The maximum absolute atomic E-state index is 6.14. The predicted octanol–water partition coefficient (Wildman–Crippen LogP) is 4.64. The van der Waals surface area contributed by atoms with Gasteiger partial charge < -0.3 is 15.4 Å². The van der Waals surface area contributed by atoms with Crippen LogP contribution in [0.4, 0.5) is 23.1 Å². The highest BCUT2D eigenvalue weighted by Crippen LogP contribution is 2.28. The fourth-order valence-corrected chi connectivity index (χ4v) is 2.51. The molecule has 0 aliphatic heterocycles. The van der Waals surface area contributed by atoms with Crippen LogP contribution in [0.5, 0.6) is 5.75 Å². The minimum atomic E-state index is 0.410. The van der Waals surface area contributed by atoms with E-state index in [0.717, 1.165) is 11.4 Å². The Bertz CT molecular complexity index is 900. The quantitative estimate of drug-likeness (QED) is 0.694. The van der Waals surface area contributed by atoms with Crippen LogP contribution >= 0.6 is 11.6 Å². The van der Waals surface area contributed by atoms with Crippen molar-refractivity contribution in [3.05, 3.63) is 58.7 Å². The molecule has 1 heterocycles. The highest BCUT2D eigenvalue weighted by molar-refractivity contribution is 6.32. The minimum absolute atomic E-state index is 0.410. The second-order valence-corrected chi connectivity index (χ2v) is 5.97. The van der Waals surface area contributed by atoms with E-state index in [-0.39, 0.29) is 0 Å². The second kappa shape index (κ2) is 7.36. The summed E-state index contributed by atoms with van der Waals surface area (Å²) in [5.41, 5.74) is 4.12. The molecule has 0 atom stereocenters. The Labute approximate surface area is 151 Å². The summed E-state index contributed by atoms with van der Waals surface area (Å²) in [6, 6.07) is 11.5. The molecule has 3 aromatic rings. The largest absolute Gasteiger partial charge is 0.495 e. The van der Waals surface area contributed by atoms with Gasteiger partial charge in [-0.1, -0.05) is 17.7 Å². The number of hydrogen-bond acceptors (Lipinski definition) is 6. The van der Waals surface area contributed by atoms with Gasteiger partial charge in [0.1, 0.15) is 5.75 Å². The molecule has 0 fully saturated rings. The lowest BCUT2D eigenvalue weighted by Gasteiger charge is -2.10. The van der Waals surface area contributed by atoms with Crippen LogP contribution in [0.2, 0.25) is 5.02 Å². The van der Waals surface area contributed by atoms with Gasteiger partial charge in [0.2, 0.25) is 5.95 Å². The Kier molecular flexibility index (Phi) is 5.00. The van der Waals surface area contributed by atoms with Gasteiger partial charge >= 0.3 is 0 Å². The van der Waals surface area contributed by atoms with Gasteiger partial charge in [-0.05, 0) is 55.3 Å². The lowest BCUT2D eigenvalue weighted by Crippen LogP contribution is -2.02. The van der Waals surface area contributed by atoms with Crippen molar-refractivity contribution in [2.75, 3.05) is 17.7 Å². The van der Waals surface area contributed by atoms with Gasteiger partial charge in [-0.2, -0.15) is 10.1 Å². The number of nitrogens with zero attached hydrogens (tertiary/aromatic N) is 3. The molecule has 0 unspecified atom stereocenters. The molecular weight excluding hydrogens is 338 g/mol. The van der Waals surface area contributed by atoms with E-state index in [1.54, 1.807) is 25.4 Å². The number of nitrogens with one attached hydrogen (secondary N) is 2. The van der Waals surface area contributed by atoms with E-state index in [1.807, 2.05) is 24.3 Å². The minimum Gasteiger partial charge on any atom is -0.495 e. The molecule has 0 spiro atoms. The Morgan fingerprint density at radius 3 is 2.44 bits per heavy atom. The zero-order valence-electron chi connectivity index (χ0n) is 14.2. The van der Waals surface area contributed by atoms with Crippen LogP contribution in [0.15, 0.2) is 42.6 Å². The number of halogens is 1. The number of benzene rings is 2. The average Bonchev–Trinajstić information content (AvgIpc) is 2.59. The molecule has 0 aliphatic rings. The summed E-state index contributed by atoms with van der Waals surface area (Å²) in [5, 5.41) is 14.8. The topological polar surface area (TPSA) is 72.0 Å². The summed E-state index contributed by atoms with van der Waals surface area (Å²) in [6.45, 7) is 4.13. The average molecular weight is 356 g/mol. The molecule has 25 heavy (non-hydrogen) atoms. The first-order valence-corrected chi connectivity index (χ1v) is 8.07. The van der Waals surface area contributed by atoms with Crippen molar-refractivity contribution < 1.29 is 4.74 Å². The third-order valence-electron chi connectivity index (χ3n) is 3.75. The number of hydrogen-bond donors (Lipinski definition) is 2. The predicted molar refractivity (Wildman–Crippen MR) is 100 cm³/mol. The van der Waals surface area contributed by atoms with E-state index in [2.05, 4.69) is 39.7 Å². The van der Waals surface area contributed by atoms with E-state index < -0.39 is 0 Å². The zero-order valence-corrected chi connectivity index (χ0v) is 14.9. The van der Waals surface area contributed by atoms with Crippen LogP contribution in [0, 0.1) is 13.8 Å². The van der Waals surface area contributed by atoms with Crippen molar-refractivity contribution in [1.82, 2.24) is 15.2 Å². The molecular formula is C18H18ClN5O. The summed E-state index contributed by atoms with van der Waals surface area (Å²) >= 11 is 6.14. The first kappa shape index (κ1) is 17.0. The monoisotopic (exact) mass is 355 g/mol. The number of aromatic nitrogens is 3. The van der Waals surface area contributed by atoms with Gasteiger partial charge in [-0.25, -0.2) is 0 Å². The Morgan fingerprint density at radius 1 is 0.960 bits per heavy atom. The Hall–Kier alpha value is -2.86. The second-order valence-electron chi connectivity index (χ2n) is 5.56. The molecule has 0 radical (unpaired) electrons. The van der Waals surface area contributed by atoms with Gasteiger partial charge in [0, 0.05) is 11.4 Å².